The molecule has 4 nitrogen and oxygen atoms in total. The Morgan fingerprint density at radius 1 is 1.12 bits per heavy atom. The first-order valence-electron chi connectivity index (χ1n) is 8.09. The van der Waals surface area contributed by atoms with Crippen LogP contribution in [0.3, 0.4) is 0 Å². The fraction of sp³-hybridized carbons (Fsp3) is 0.316. The molecule has 24 heavy (non-hydrogen) atoms. The average Bonchev–Trinajstić information content (AvgIpc) is 2.62. The third kappa shape index (κ3) is 5.25. The molecular formula is C19H23ClN2O2. The van der Waals surface area contributed by atoms with Crippen LogP contribution >= 0.6 is 12.4 Å². The monoisotopic (exact) mass is 346 g/mol. The molecule has 128 valence electrons. The number of nitrogens with one attached hydrogen (secondary N) is 2. The van der Waals surface area contributed by atoms with E-state index in [1.807, 2.05) is 54.6 Å². The summed E-state index contributed by atoms with van der Waals surface area (Å²) in [5.41, 5.74) is 1.74. The Morgan fingerprint density at radius 3 is 2.54 bits per heavy atom. The van der Waals surface area contributed by atoms with E-state index in [1.165, 1.54) is 0 Å². The summed E-state index contributed by atoms with van der Waals surface area (Å²) >= 11 is 0. The van der Waals surface area contributed by atoms with Crippen molar-refractivity contribution in [1.82, 2.24) is 10.6 Å². The Bertz CT molecular complexity index is 626. The van der Waals surface area contributed by atoms with E-state index in [0.717, 1.165) is 37.2 Å². The van der Waals surface area contributed by atoms with Gasteiger partial charge in [0, 0.05) is 18.2 Å². The Morgan fingerprint density at radius 2 is 1.88 bits per heavy atom. The second kappa shape index (κ2) is 9.30. The Balaban J connectivity index is 0.00000208. The maximum absolute atomic E-state index is 12.2. The van der Waals surface area contributed by atoms with Crippen LogP contribution in [0.1, 0.15) is 28.8 Å². The number of rotatable bonds is 5. The third-order valence-corrected chi connectivity index (χ3v) is 4.00. The first kappa shape index (κ1) is 18.3. The Labute approximate surface area is 149 Å². The van der Waals surface area contributed by atoms with Gasteiger partial charge < -0.3 is 15.4 Å². The van der Waals surface area contributed by atoms with Gasteiger partial charge in [-0.25, -0.2) is 0 Å². The summed E-state index contributed by atoms with van der Waals surface area (Å²) in [4.78, 5) is 12.2. The fourth-order valence-electron chi connectivity index (χ4n) is 2.68. The summed E-state index contributed by atoms with van der Waals surface area (Å²) in [6.07, 6.45) is 2.16. The average molecular weight is 347 g/mol. The molecule has 5 heteroatoms. The Kier molecular flexibility index (Phi) is 7.09. The van der Waals surface area contributed by atoms with Gasteiger partial charge in [0.25, 0.3) is 5.91 Å². The molecule has 1 amide bonds. The molecule has 1 saturated heterocycles. The number of amides is 1. The lowest BCUT2D eigenvalue weighted by molar-refractivity contribution is 0.0930. The van der Waals surface area contributed by atoms with Crippen LogP contribution < -0.4 is 15.4 Å². The number of para-hydroxylation sites is 1. The van der Waals surface area contributed by atoms with Crippen LogP contribution in [-0.4, -0.2) is 25.0 Å². The van der Waals surface area contributed by atoms with Gasteiger partial charge in [-0.1, -0.05) is 30.3 Å². The quantitative estimate of drug-likeness (QED) is 0.874. The topological polar surface area (TPSA) is 50.4 Å². The number of carbonyl (C=O) groups is 1. The van der Waals surface area contributed by atoms with Crippen LogP contribution in [0.25, 0.3) is 0 Å². The zero-order valence-electron chi connectivity index (χ0n) is 13.5. The summed E-state index contributed by atoms with van der Waals surface area (Å²) in [5, 5.41) is 6.38. The maximum Gasteiger partial charge on any atom is 0.251 e. The largest absolute Gasteiger partial charge is 0.489 e. The van der Waals surface area contributed by atoms with Gasteiger partial charge in [0.15, 0.2) is 0 Å². The molecule has 0 aromatic heterocycles. The van der Waals surface area contributed by atoms with Crippen molar-refractivity contribution in [3.05, 3.63) is 65.7 Å². The summed E-state index contributed by atoms with van der Waals surface area (Å²) in [7, 11) is 0. The van der Waals surface area contributed by atoms with E-state index in [4.69, 9.17) is 4.74 Å². The molecule has 0 unspecified atom stereocenters. The number of piperidine rings is 1. The van der Waals surface area contributed by atoms with Gasteiger partial charge in [-0.15, -0.1) is 12.4 Å². The van der Waals surface area contributed by atoms with E-state index in [9.17, 15) is 4.79 Å². The van der Waals surface area contributed by atoms with Crippen molar-refractivity contribution in [2.45, 2.75) is 25.5 Å². The fourth-order valence-corrected chi connectivity index (χ4v) is 2.68. The first-order valence-corrected chi connectivity index (χ1v) is 8.09. The molecule has 0 radical (unpaired) electrons. The molecule has 1 aliphatic rings. The number of benzene rings is 2. The van der Waals surface area contributed by atoms with Crippen molar-refractivity contribution in [3.63, 3.8) is 0 Å². The van der Waals surface area contributed by atoms with Gasteiger partial charge in [-0.2, -0.15) is 0 Å². The van der Waals surface area contributed by atoms with E-state index in [0.29, 0.717) is 12.2 Å². The van der Waals surface area contributed by atoms with Gasteiger partial charge >= 0.3 is 0 Å². The second-order valence-corrected chi connectivity index (χ2v) is 5.82. The van der Waals surface area contributed by atoms with Crippen LogP contribution in [0.2, 0.25) is 0 Å². The van der Waals surface area contributed by atoms with Crippen LogP contribution in [0.4, 0.5) is 0 Å². The molecular weight excluding hydrogens is 324 g/mol. The van der Waals surface area contributed by atoms with Gasteiger partial charge in [0.1, 0.15) is 12.4 Å². The number of ether oxygens (including phenoxy) is 1. The molecule has 0 spiro atoms. The third-order valence-electron chi connectivity index (χ3n) is 4.00. The van der Waals surface area contributed by atoms with Gasteiger partial charge in [0.05, 0.1) is 0 Å². The minimum atomic E-state index is -0.00534. The highest BCUT2D eigenvalue weighted by Crippen LogP contribution is 2.12. The van der Waals surface area contributed by atoms with Crippen molar-refractivity contribution >= 4 is 18.3 Å². The molecule has 2 aromatic carbocycles. The molecule has 0 saturated carbocycles. The summed E-state index contributed by atoms with van der Waals surface area (Å²) in [5.74, 6) is 0.841. The van der Waals surface area contributed by atoms with Crippen molar-refractivity contribution in [1.29, 1.82) is 0 Å². The van der Waals surface area contributed by atoms with Crippen LogP contribution in [0, 0.1) is 0 Å². The second-order valence-electron chi connectivity index (χ2n) is 5.82. The highest BCUT2D eigenvalue weighted by molar-refractivity contribution is 5.94. The van der Waals surface area contributed by atoms with Crippen LogP contribution in [0.5, 0.6) is 5.75 Å². The molecule has 3 rings (SSSR count). The van der Waals surface area contributed by atoms with E-state index in [2.05, 4.69) is 10.6 Å². The number of hydrogen-bond acceptors (Lipinski definition) is 3. The lowest BCUT2D eigenvalue weighted by atomic mass is 10.1. The first-order chi connectivity index (χ1) is 11.3. The standard InChI is InChI=1S/C19H22N2O2.ClH/c22-19(21-17-5-4-12-20-13-17)16-10-8-15(9-11-16)14-23-18-6-2-1-3-7-18;/h1-3,6-11,17,20H,4-5,12-14H2,(H,21,22);1H/t17-;/m0./s1. The summed E-state index contributed by atoms with van der Waals surface area (Å²) < 4.78 is 5.71. The highest BCUT2D eigenvalue weighted by atomic mass is 35.5. The molecule has 2 N–H and O–H groups in total. The van der Waals surface area contributed by atoms with Crippen molar-refractivity contribution < 1.29 is 9.53 Å². The van der Waals surface area contributed by atoms with Crippen molar-refractivity contribution in [3.8, 4) is 5.75 Å². The molecule has 0 bridgehead atoms. The number of halogens is 1. The summed E-state index contributed by atoms with van der Waals surface area (Å²) in [6, 6.07) is 17.5. The van der Waals surface area contributed by atoms with E-state index < -0.39 is 0 Å². The van der Waals surface area contributed by atoms with E-state index in [-0.39, 0.29) is 24.4 Å². The van der Waals surface area contributed by atoms with Crippen molar-refractivity contribution in [2.75, 3.05) is 13.1 Å². The minimum absolute atomic E-state index is 0. The SMILES string of the molecule is Cl.O=C(N[C@H]1CCCNC1)c1ccc(COc2ccccc2)cc1. The van der Waals surface area contributed by atoms with E-state index in [1.54, 1.807) is 0 Å². The highest BCUT2D eigenvalue weighted by Gasteiger charge is 2.16. The number of hydrogen-bond donors (Lipinski definition) is 2. The molecule has 2 aromatic rings. The molecule has 1 atom stereocenters. The molecule has 1 aliphatic heterocycles. The maximum atomic E-state index is 12.2. The number of carbonyl (C=O) groups excluding carboxylic acids is 1. The van der Waals surface area contributed by atoms with Gasteiger partial charge in [-0.05, 0) is 49.2 Å². The Hall–Kier alpha value is -2.04. The predicted molar refractivity (Wildman–Crippen MR) is 97.8 cm³/mol. The molecule has 1 fully saturated rings. The lowest BCUT2D eigenvalue weighted by Gasteiger charge is -2.23. The normalized spacial score (nSPS) is 16.8. The van der Waals surface area contributed by atoms with Crippen molar-refractivity contribution in [2.24, 2.45) is 0 Å². The predicted octanol–water partition coefficient (Wildman–Crippen LogP) is 3.17. The van der Waals surface area contributed by atoms with Gasteiger partial charge in [0.2, 0.25) is 0 Å². The smallest absolute Gasteiger partial charge is 0.251 e. The lowest BCUT2D eigenvalue weighted by Crippen LogP contribution is -2.45. The zero-order chi connectivity index (χ0) is 15.9. The van der Waals surface area contributed by atoms with E-state index >= 15 is 0 Å². The van der Waals surface area contributed by atoms with Crippen LogP contribution in [0.15, 0.2) is 54.6 Å². The minimum Gasteiger partial charge on any atom is -0.489 e. The molecule has 0 aliphatic carbocycles. The molecule has 1 heterocycles. The zero-order valence-corrected chi connectivity index (χ0v) is 14.4. The van der Waals surface area contributed by atoms with Gasteiger partial charge in [-0.3, -0.25) is 4.79 Å². The summed E-state index contributed by atoms with van der Waals surface area (Å²) in [6.45, 7) is 2.40. The van der Waals surface area contributed by atoms with Crippen LogP contribution in [-0.2, 0) is 6.61 Å².